The summed E-state index contributed by atoms with van der Waals surface area (Å²) in [5.41, 5.74) is 0.781. The molecule has 0 radical (unpaired) electrons. The first-order chi connectivity index (χ1) is 10.1. The van der Waals surface area contributed by atoms with Crippen LogP contribution in [0.5, 0.6) is 0 Å². The molecule has 21 heavy (non-hydrogen) atoms. The molecule has 5 nitrogen and oxygen atoms in total. The van der Waals surface area contributed by atoms with Crippen molar-refractivity contribution in [3.63, 3.8) is 0 Å². The normalized spacial score (nSPS) is 19.9. The molecule has 1 fully saturated rings. The molecule has 2 heterocycles. The Labute approximate surface area is 127 Å². The van der Waals surface area contributed by atoms with Crippen molar-refractivity contribution in [2.75, 3.05) is 19.7 Å². The van der Waals surface area contributed by atoms with Gasteiger partial charge in [-0.05, 0) is 30.7 Å². The molecular weight excluding hydrogens is 295 g/mol. The quantitative estimate of drug-likeness (QED) is 0.946. The van der Waals surface area contributed by atoms with E-state index in [1.54, 1.807) is 6.07 Å². The molecule has 1 N–H and O–H groups in total. The molecule has 1 aliphatic rings. The van der Waals surface area contributed by atoms with Crippen LogP contribution in [0, 0.1) is 12.7 Å². The molecule has 0 aliphatic carbocycles. The van der Waals surface area contributed by atoms with Gasteiger partial charge in [-0.15, -0.1) is 0 Å². The molecule has 0 spiro atoms. The van der Waals surface area contributed by atoms with Crippen molar-refractivity contribution in [2.24, 2.45) is 0 Å². The van der Waals surface area contributed by atoms with Crippen molar-refractivity contribution >= 4 is 11.6 Å². The zero-order valence-corrected chi connectivity index (χ0v) is 12.4. The number of ether oxygens (including phenoxy) is 1. The Hall–Kier alpha value is -1.50. The predicted molar refractivity (Wildman–Crippen MR) is 76.5 cm³/mol. The van der Waals surface area contributed by atoms with E-state index in [0.29, 0.717) is 30.5 Å². The van der Waals surface area contributed by atoms with Crippen LogP contribution in [0.4, 0.5) is 4.39 Å². The van der Waals surface area contributed by atoms with Gasteiger partial charge in [0.05, 0.1) is 6.61 Å². The topological polar surface area (TPSA) is 54.0 Å². The number of hydrogen-bond acceptors (Lipinski definition) is 4. The second-order valence-electron chi connectivity index (χ2n) is 5.11. The highest BCUT2D eigenvalue weighted by Gasteiger charge is 2.25. The van der Waals surface area contributed by atoms with Crippen molar-refractivity contribution in [3.8, 4) is 0 Å². The third-order valence-electron chi connectivity index (χ3n) is 3.45. The summed E-state index contributed by atoms with van der Waals surface area (Å²) < 4.78 is 19.0. The van der Waals surface area contributed by atoms with Gasteiger partial charge in [0.1, 0.15) is 17.7 Å². The van der Waals surface area contributed by atoms with E-state index in [4.69, 9.17) is 16.3 Å². The lowest BCUT2D eigenvalue weighted by Gasteiger charge is -2.31. The van der Waals surface area contributed by atoms with Crippen LogP contribution < -0.4 is 0 Å². The van der Waals surface area contributed by atoms with E-state index in [0.717, 1.165) is 17.9 Å². The first kappa shape index (κ1) is 14.4. The summed E-state index contributed by atoms with van der Waals surface area (Å²) in [4.78, 5) is 6.47. The SMILES string of the molecule is Cc1nc(C2CN(Cc3cc(F)ccc3Cl)CCO2)n[nH]1. The number of halogens is 2. The number of nitrogens with one attached hydrogen (secondary N) is 1. The van der Waals surface area contributed by atoms with E-state index in [1.807, 2.05) is 6.92 Å². The Morgan fingerprint density at radius 3 is 3.14 bits per heavy atom. The third kappa shape index (κ3) is 3.40. The van der Waals surface area contributed by atoms with Crippen LogP contribution in [0.1, 0.15) is 23.3 Å². The number of benzene rings is 1. The fraction of sp³-hybridized carbons (Fsp3) is 0.429. The lowest BCUT2D eigenvalue weighted by atomic mass is 10.1. The number of morpholine rings is 1. The van der Waals surface area contributed by atoms with Crippen LogP contribution in [0.2, 0.25) is 5.02 Å². The summed E-state index contributed by atoms with van der Waals surface area (Å²) >= 11 is 6.12. The number of H-pyrrole nitrogens is 1. The summed E-state index contributed by atoms with van der Waals surface area (Å²) in [7, 11) is 0. The van der Waals surface area contributed by atoms with E-state index >= 15 is 0 Å². The van der Waals surface area contributed by atoms with Crippen molar-refractivity contribution in [2.45, 2.75) is 19.6 Å². The van der Waals surface area contributed by atoms with Crippen LogP contribution in [0.25, 0.3) is 0 Å². The maximum atomic E-state index is 13.3. The van der Waals surface area contributed by atoms with Gasteiger partial charge in [0, 0.05) is 24.7 Å². The van der Waals surface area contributed by atoms with E-state index < -0.39 is 0 Å². The molecule has 0 bridgehead atoms. The van der Waals surface area contributed by atoms with Gasteiger partial charge in [0.15, 0.2) is 5.82 Å². The van der Waals surface area contributed by atoms with Crippen molar-refractivity contribution in [3.05, 3.63) is 46.3 Å². The highest BCUT2D eigenvalue weighted by atomic mass is 35.5. The molecule has 1 aromatic carbocycles. The predicted octanol–water partition coefficient (Wildman–Crippen LogP) is 2.48. The summed E-state index contributed by atoms with van der Waals surface area (Å²) in [6.45, 7) is 4.45. The maximum absolute atomic E-state index is 13.3. The second-order valence-corrected chi connectivity index (χ2v) is 5.52. The van der Waals surface area contributed by atoms with Gasteiger partial charge < -0.3 is 4.74 Å². The molecular formula is C14H16ClFN4O. The lowest BCUT2D eigenvalue weighted by Crippen LogP contribution is -2.38. The molecule has 1 atom stereocenters. The molecule has 2 aromatic rings. The fourth-order valence-corrected chi connectivity index (χ4v) is 2.59. The van der Waals surface area contributed by atoms with Gasteiger partial charge in [-0.2, -0.15) is 5.10 Å². The number of hydrogen-bond donors (Lipinski definition) is 1. The summed E-state index contributed by atoms with van der Waals surface area (Å²) in [6.07, 6.45) is -0.170. The van der Waals surface area contributed by atoms with Gasteiger partial charge in [-0.3, -0.25) is 10.00 Å². The van der Waals surface area contributed by atoms with E-state index in [2.05, 4.69) is 20.1 Å². The Morgan fingerprint density at radius 2 is 2.38 bits per heavy atom. The van der Waals surface area contributed by atoms with Crippen LogP contribution in [-0.2, 0) is 11.3 Å². The van der Waals surface area contributed by atoms with Gasteiger partial charge in [0.25, 0.3) is 0 Å². The van der Waals surface area contributed by atoms with Crippen molar-refractivity contribution in [1.82, 2.24) is 20.1 Å². The number of aryl methyl sites for hydroxylation is 1. The summed E-state index contributed by atoms with van der Waals surface area (Å²) in [6, 6.07) is 4.43. The van der Waals surface area contributed by atoms with Crippen LogP contribution >= 0.6 is 11.6 Å². The van der Waals surface area contributed by atoms with Crippen molar-refractivity contribution < 1.29 is 9.13 Å². The van der Waals surface area contributed by atoms with Gasteiger partial charge in [-0.1, -0.05) is 11.6 Å². The fourth-order valence-electron chi connectivity index (χ4n) is 2.41. The van der Waals surface area contributed by atoms with Gasteiger partial charge >= 0.3 is 0 Å². The first-order valence-electron chi connectivity index (χ1n) is 6.78. The number of aromatic amines is 1. The van der Waals surface area contributed by atoms with Gasteiger partial charge in [0.2, 0.25) is 0 Å². The van der Waals surface area contributed by atoms with Crippen LogP contribution in [-0.4, -0.2) is 39.8 Å². The molecule has 1 saturated heterocycles. The van der Waals surface area contributed by atoms with E-state index in [9.17, 15) is 4.39 Å². The Bertz CT molecular complexity index is 633. The summed E-state index contributed by atoms with van der Waals surface area (Å²) in [5, 5.41) is 7.53. The standard InChI is InChI=1S/C14H16ClFN4O/c1-9-17-14(19-18-9)13-8-20(4-5-21-13)7-10-6-11(16)2-3-12(10)15/h2-3,6,13H,4-5,7-8H2,1H3,(H,17,18,19). The highest BCUT2D eigenvalue weighted by Crippen LogP contribution is 2.23. The molecule has 1 unspecified atom stereocenters. The molecule has 1 aliphatic heterocycles. The Balaban J connectivity index is 1.70. The minimum Gasteiger partial charge on any atom is -0.367 e. The van der Waals surface area contributed by atoms with Crippen LogP contribution in [0.15, 0.2) is 18.2 Å². The smallest absolute Gasteiger partial charge is 0.180 e. The highest BCUT2D eigenvalue weighted by molar-refractivity contribution is 6.31. The minimum atomic E-state index is -0.274. The van der Waals surface area contributed by atoms with E-state index in [1.165, 1.54) is 12.1 Å². The lowest BCUT2D eigenvalue weighted by molar-refractivity contribution is -0.0370. The van der Waals surface area contributed by atoms with Crippen molar-refractivity contribution in [1.29, 1.82) is 0 Å². The molecule has 7 heteroatoms. The largest absolute Gasteiger partial charge is 0.367 e. The zero-order chi connectivity index (χ0) is 14.8. The molecule has 0 amide bonds. The van der Waals surface area contributed by atoms with Gasteiger partial charge in [-0.25, -0.2) is 9.37 Å². The first-order valence-corrected chi connectivity index (χ1v) is 7.16. The third-order valence-corrected chi connectivity index (χ3v) is 3.82. The Kier molecular flexibility index (Phi) is 4.19. The van der Waals surface area contributed by atoms with E-state index in [-0.39, 0.29) is 11.9 Å². The average molecular weight is 311 g/mol. The molecule has 3 rings (SSSR count). The van der Waals surface area contributed by atoms with Crippen LogP contribution in [0.3, 0.4) is 0 Å². The monoisotopic (exact) mass is 310 g/mol. The second kappa shape index (κ2) is 6.09. The average Bonchev–Trinajstić information content (AvgIpc) is 2.90. The zero-order valence-electron chi connectivity index (χ0n) is 11.6. The number of nitrogens with zero attached hydrogens (tertiary/aromatic N) is 3. The molecule has 112 valence electrons. The number of aromatic nitrogens is 3. The minimum absolute atomic E-state index is 0.170. The summed E-state index contributed by atoms with van der Waals surface area (Å²) in [5.74, 6) is 1.14. The Morgan fingerprint density at radius 1 is 1.52 bits per heavy atom. The number of rotatable bonds is 3. The maximum Gasteiger partial charge on any atom is 0.180 e. The molecule has 0 saturated carbocycles. The molecule has 1 aromatic heterocycles.